The highest BCUT2D eigenvalue weighted by atomic mass is 16.1. The molecule has 1 aromatic carbocycles. The summed E-state index contributed by atoms with van der Waals surface area (Å²) in [5.41, 5.74) is 9.56. The molecule has 3 nitrogen and oxygen atoms in total. The van der Waals surface area contributed by atoms with E-state index in [1.54, 1.807) is 6.07 Å². The molecule has 2 aromatic rings. The minimum atomic E-state index is -0.500. The number of aryl methyl sites for hydroxylation is 2. The third-order valence-electron chi connectivity index (χ3n) is 2.75. The number of amides is 1. The molecule has 0 atom stereocenters. The maximum absolute atomic E-state index is 11.1. The van der Waals surface area contributed by atoms with E-state index >= 15 is 0 Å². The number of aromatic nitrogens is 1. The van der Waals surface area contributed by atoms with Gasteiger partial charge in [0.05, 0.1) is 5.69 Å². The Morgan fingerprint density at radius 2 is 1.76 bits per heavy atom. The van der Waals surface area contributed by atoms with E-state index < -0.39 is 5.91 Å². The van der Waals surface area contributed by atoms with E-state index in [0.29, 0.717) is 5.69 Å². The second-order valence-corrected chi connectivity index (χ2v) is 4.04. The smallest absolute Gasteiger partial charge is 0.267 e. The summed E-state index contributed by atoms with van der Waals surface area (Å²) in [6.45, 7) is 3.99. The topological polar surface area (TPSA) is 56.0 Å². The Morgan fingerprint density at radius 1 is 1.06 bits per heavy atom. The minimum absolute atomic E-state index is 0.300. The van der Waals surface area contributed by atoms with Gasteiger partial charge in [-0.05, 0) is 31.0 Å². The molecule has 1 amide bonds. The van der Waals surface area contributed by atoms with Crippen molar-refractivity contribution in [2.24, 2.45) is 5.73 Å². The van der Waals surface area contributed by atoms with Gasteiger partial charge in [0.2, 0.25) is 0 Å². The van der Waals surface area contributed by atoms with Crippen molar-refractivity contribution < 1.29 is 4.79 Å². The van der Waals surface area contributed by atoms with Crippen LogP contribution in [0.15, 0.2) is 36.4 Å². The van der Waals surface area contributed by atoms with E-state index in [1.807, 2.05) is 44.2 Å². The quantitative estimate of drug-likeness (QED) is 0.855. The summed E-state index contributed by atoms with van der Waals surface area (Å²) in [6, 6.07) is 11.5. The van der Waals surface area contributed by atoms with Gasteiger partial charge in [-0.2, -0.15) is 0 Å². The molecule has 86 valence electrons. The molecule has 0 fully saturated rings. The molecule has 0 radical (unpaired) electrons. The van der Waals surface area contributed by atoms with E-state index in [2.05, 4.69) is 4.98 Å². The molecule has 0 spiro atoms. The summed E-state index contributed by atoms with van der Waals surface area (Å²) in [5.74, 6) is -0.500. The number of pyridine rings is 1. The lowest BCUT2D eigenvalue weighted by atomic mass is 10.0. The van der Waals surface area contributed by atoms with E-state index in [0.717, 1.165) is 22.4 Å². The lowest BCUT2D eigenvalue weighted by molar-refractivity contribution is 0.0995. The van der Waals surface area contributed by atoms with E-state index in [-0.39, 0.29) is 0 Å². The van der Waals surface area contributed by atoms with Crippen molar-refractivity contribution in [2.75, 3.05) is 0 Å². The number of nitrogens with two attached hydrogens (primary N) is 1. The van der Waals surface area contributed by atoms with Gasteiger partial charge in [0.15, 0.2) is 0 Å². The summed E-state index contributed by atoms with van der Waals surface area (Å²) < 4.78 is 0. The minimum Gasteiger partial charge on any atom is -0.364 e. The van der Waals surface area contributed by atoms with Crippen LogP contribution in [0.1, 0.15) is 21.6 Å². The summed E-state index contributed by atoms with van der Waals surface area (Å²) in [4.78, 5) is 15.5. The number of rotatable bonds is 2. The average Bonchev–Trinajstić information content (AvgIpc) is 2.30. The van der Waals surface area contributed by atoms with Gasteiger partial charge in [-0.3, -0.25) is 4.79 Å². The molecule has 2 N–H and O–H groups in total. The standard InChI is InChI=1S/C14H14N2O/c1-9-5-3-4-6-11(9)13-10(2)7-8-12(16-13)14(15)17/h3-8H,1-2H3,(H2,15,17). The highest BCUT2D eigenvalue weighted by Gasteiger charge is 2.09. The summed E-state index contributed by atoms with van der Waals surface area (Å²) in [7, 11) is 0. The molecule has 0 aliphatic rings. The average molecular weight is 226 g/mol. The fraction of sp³-hybridized carbons (Fsp3) is 0.143. The van der Waals surface area contributed by atoms with Crippen LogP contribution in [-0.2, 0) is 0 Å². The van der Waals surface area contributed by atoms with Gasteiger partial charge < -0.3 is 5.73 Å². The Kier molecular flexibility index (Phi) is 2.91. The maximum atomic E-state index is 11.1. The Balaban J connectivity index is 2.63. The van der Waals surface area contributed by atoms with Crippen LogP contribution in [0.25, 0.3) is 11.3 Å². The van der Waals surface area contributed by atoms with Crippen LogP contribution in [-0.4, -0.2) is 10.9 Å². The van der Waals surface area contributed by atoms with E-state index in [4.69, 9.17) is 5.73 Å². The van der Waals surface area contributed by atoms with Gasteiger partial charge >= 0.3 is 0 Å². The molecule has 0 bridgehead atoms. The fourth-order valence-corrected chi connectivity index (χ4v) is 1.78. The summed E-state index contributed by atoms with van der Waals surface area (Å²) in [6.07, 6.45) is 0. The van der Waals surface area contributed by atoms with Gasteiger partial charge in [-0.15, -0.1) is 0 Å². The van der Waals surface area contributed by atoms with E-state index in [1.165, 1.54) is 0 Å². The normalized spacial score (nSPS) is 10.2. The SMILES string of the molecule is Cc1ccccc1-c1nc(C(N)=O)ccc1C. The van der Waals surface area contributed by atoms with Crippen LogP contribution >= 0.6 is 0 Å². The molecular formula is C14H14N2O. The van der Waals surface area contributed by atoms with Crippen LogP contribution in [0.4, 0.5) is 0 Å². The third-order valence-corrected chi connectivity index (χ3v) is 2.75. The first kappa shape index (κ1) is 11.3. The first-order chi connectivity index (χ1) is 8.09. The zero-order valence-corrected chi connectivity index (χ0v) is 9.90. The first-order valence-corrected chi connectivity index (χ1v) is 5.43. The van der Waals surface area contributed by atoms with Gasteiger partial charge in [-0.1, -0.05) is 30.3 Å². The molecular weight excluding hydrogens is 212 g/mol. The lowest BCUT2D eigenvalue weighted by Crippen LogP contribution is -2.13. The number of benzene rings is 1. The van der Waals surface area contributed by atoms with Gasteiger partial charge in [0, 0.05) is 5.56 Å². The maximum Gasteiger partial charge on any atom is 0.267 e. The summed E-state index contributed by atoms with van der Waals surface area (Å²) >= 11 is 0. The van der Waals surface area contributed by atoms with Crippen molar-refractivity contribution in [2.45, 2.75) is 13.8 Å². The number of hydrogen-bond donors (Lipinski definition) is 1. The van der Waals surface area contributed by atoms with Gasteiger partial charge in [0.1, 0.15) is 5.69 Å². The third kappa shape index (κ3) is 2.18. The van der Waals surface area contributed by atoms with Crippen LogP contribution in [0.3, 0.4) is 0 Å². The molecule has 0 aliphatic carbocycles. The molecule has 1 aromatic heterocycles. The van der Waals surface area contributed by atoms with Crippen molar-refractivity contribution >= 4 is 5.91 Å². The molecule has 2 rings (SSSR count). The fourth-order valence-electron chi connectivity index (χ4n) is 1.78. The van der Waals surface area contributed by atoms with Gasteiger partial charge in [-0.25, -0.2) is 4.98 Å². The van der Waals surface area contributed by atoms with E-state index in [9.17, 15) is 4.79 Å². The summed E-state index contributed by atoms with van der Waals surface area (Å²) in [5, 5.41) is 0. The number of carbonyl (C=O) groups is 1. The zero-order valence-electron chi connectivity index (χ0n) is 9.90. The highest BCUT2D eigenvalue weighted by Crippen LogP contribution is 2.24. The van der Waals surface area contributed by atoms with Crippen LogP contribution in [0.5, 0.6) is 0 Å². The molecule has 17 heavy (non-hydrogen) atoms. The molecule has 1 heterocycles. The molecule has 3 heteroatoms. The number of carbonyl (C=O) groups excluding carboxylic acids is 1. The van der Waals surface area contributed by atoms with Crippen molar-refractivity contribution in [1.82, 2.24) is 4.98 Å². The molecule has 0 saturated carbocycles. The van der Waals surface area contributed by atoms with Crippen molar-refractivity contribution in [3.8, 4) is 11.3 Å². The van der Waals surface area contributed by atoms with Gasteiger partial charge in [0.25, 0.3) is 5.91 Å². The largest absolute Gasteiger partial charge is 0.364 e. The molecule has 0 aliphatic heterocycles. The first-order valence-electron chi connectivity index (χ1n) is 5.43. The Hall–Kier alpha value is -2.16. The second kappa shape index (κ2) is 4.37. The number of hydrogen-bond acceptors (Lipinski definition) is 2. The predicted octanol–water partition coefficient (Wildman–Crippen LogP) is 2.46. The Morgan fingerprint density at radius 3 is 2.41 bits per heavy atom. The monoisotopic (exact) mass is 226 g/mol. The number of nitrogens with zero attached hydrogens (tertiary/aromatic N) is 1. The molecule has 0 unspecified atom stereocenters. The van der Waals surface area contributed by atoms with Crippen molar-refractivity contribution in [1.29, 1.82) is 0 Å². The number of primary amides is 1. The van der Waals surface area contributed by atoms with Crippen molar-refractivity contribution in [3.63, 3.8) is 0 Å². The molecule has 0 saturated heterocycles. The predicted molar refractivity (Wildman–Crippen MR) is 67.7 cm³/mol. The lowest BCUT2D eigenvalue weighted by Gasteiger charge is -2.09. The van der Waals surface area contributed by atoms with Crippen LogP contribution in [0.2, 0.25) is 0 Å². The zero-order chi connectivity index (χ0) is 12.4. The van der Waals surface area contributed by atoms with Crippen molar-refractivity contribution in [3.05, 3.63) is 53.2 Å². The highest BCUT2D eigenvalue weighted by molar-refractivity contribution is 5.91. The Bertz CT molecular complexity index is 576. The Labute approximate surface area is 100 Å². The van der Waals surface area contributed by atoms with Crippen LogP contribution < -0.4 is 5.73 Å². The van der Waals surface area contributed by atoms with Crippen LogP contribution in [0, 0.1) is 13.8 Å². The second-order valence-electron chi connectivity index (χ2n) is 4.04.